The Kier molecular flexibility index (Phi) is 0.981. The van der Waals surface area contributed by atoms with E-state index in [1.54, 1.807) is 0 Å². The minimum atomic E-state index is 0.361. The van der Waals surface area contributed by atoms with Crippen LogP contribution in [0.5, 0.6) is 0 Å². The molecule has 1 fully saturated rings. The Morgan fingerprint density at radius 3 is 2.56 bits per heavy atom. The molecule has 1 heteroatoms. The number of carbonyl (C=O) groups excluding carboxylic acids is 1. The van der Waals surface area contributed by atoms with Crippen molar-refractivity contribution in [2.45, 2.75) is 12.8 Å². The summed E-state index contributed by atoms with van der Waals surface area (Å²) in [7, 11) is 0. The molecule has 0 amide bonds. The van der Waals surface area contributed by atoms with Crippen molar-refractivity contribution in [3.8, 4) is 0 Å². The average molecular weight is 122 g/mol. The fourth-order valence-electron chi connectivity index (χ4n) is 1.98. The van der Waals surface area contributed by atoms with E-state index in [9.17, 15) is 4.79 Å². The van der Waals surface area contributed by atoms with Crippen LogP contribution in [0.1, 0.15) is 12.8 Å². The topological polar surface area (TPSA) is 17.1 Å². The van der Waals surface area contributed by atoms with Crippen LogP contribution in [0.3, 0.4) is 0 Å². The van der Waals surface area contributed by atoms with E-state index in [4.69, 9.17) is 0 Å². The second kappa shape index (κ2) is 1.69. The maximum absolute atomic E-state index is 10.4. The van der Waals surface area contributed by atoms with Gasteiger partial charge in [-0.3, -0.25) is 0 Å². The van der Waals surface area contributed by atoms with E-state index in [0.29, 0.717) is 11.8 Å². The minimum Gasteiger partial charge on any atom is -0.303 e. The van der Waals surface area contributed by atoms with Gasteiger partial charge in [0.1, 0.15) is 6.29 Å². The zero-order valence-corrected chi connectivity index (χ0v) is 5.29. The predicted octanol–water partition coefficient (Wildman–Crippen LogP) is 1.40. The Hall–Kier alpha value is -0.590. The average Bonchev–Trinajstić information content (AvgIpc) is 2.45. The Morgan fingerprint density at radius 2 is 2.22 bits per heavy atom. The lowest BCUT2D eigenvalue weighted by atomic mass is 9.95. The van der Waals surface area contributed by atoms with E-state index in [0.717, 1.165) is 18.6 Å². The van der Waals surface area contributed by atoms with Crippen molar-refractivity contribution in [1.29, 1.82) is 0 Å². The molecule has 48 valence electrons. The van der Waals surface area contributed by atoms with Gasteiger partial charge in [-0.25, -0.2) is 0 Å². The summed E-state index contributed by atoms with van der Waals surface area (Å²) in [5, 5.41) is 0. The predicted molar refractivity (Wildman–Crippen MR) is 34.9 cm³/mol. The summed E-state index contributed by atoms with van der Waals surface area (Å²) in [5.74, 6) is 1.71. The van der Waals surface area contributed by atoms with Crippen LogP contribution < -0.4 is 0 Å². The van der Waals surface area contributed by atoms with Gasteiger partial charge in [-0.05, 0) is 24.7 Å². The van der Waals surface area contributed by atoms with Gasteiger partial charge in [0.15, 0.2) is 0 Å². The van der Waals surface area contributed by atoms with E-state index in [-0.39, 0.29) is 0 Å². The normalized spacial score (nSPS) is 46.0. The molecule has 0 aromatic carbocycles. The number of carbonyl (C=O) groups is 1. The molecule has 2 bridgehead atoms. The molecule has 0 saturated heterocycles. The molecule has 0 aromatic rings. The first-order chi connectivity index (χ1) is 4.40. The second-order valence-corrected chi connectivity index (χ2v) is 3.08. The van der Waals surface area contributed by atoms with Gasteiger partial charge in [0, 0.05) is 5.92 Å². The van der Waals surface area contributed by atoms with Crippen LogP contribution in [-0.4, -0.2) is 6.29 Å². The monoisotopic (exact) mass is 122 g/mol. The highest BCUT2D eigenvalue weighted by molar-refractivity contribution is 5.56. The van der Waals surface area contributed by atoms with Gasteiger partial charge in [-0.1, -0.05) is 12.2 Å². The molecule has 1 saturated carbocycles. The van der Waals surface area contributed by atoms with E-state index >= 15 is 0 Å². The SMILES string of the molecule is O=C[C@H]1C[C@@H]2C=C[C@H]1C2. The van der Waals surface area contributed by atoms with Crippen molar-refractivity contribution >= 4 is 6.29 Å². The van der Waals surface area contributed by atoms with Gasteiger partial charge in [-0.15, -0.1) is 0 Å². The molecule has 0 heterocycles. The number of rotatable bonds is 1. The fraction of sp³-hybridized carbons (Fsp3) is 0.625. The highest BCUT2D eigenvalue weighted by Crippen LogP contribution is 2.42. The maximum atomic E-state index is 10.4. The molecule has 0 radical (unpaired) electrons. The van der Waals surface area contributed by atoms with E-state index < -0.39 is 0 Å². The van der Waals surface area contributed by atoms with Crippen LogP contribution in [0, 0.1) is 17.8 Å². The Bertz CT molecular complexity index is 160. The molecule has 0 aliphatic heterocycles. The highest BCUT2D eigenvalue weighted by Gasteiger charge is 2.34. The van der Waals surface area contributed by atoms with Crippen molar-refractivity contribution < 1.29 is 4.79 Å². The van der Waals surface area contributed by atoms with Crippen molar-refractivity contribution in [3.05, 3.63) is 12.2 Å². The van der Waals surface area contributed by atoms with Gasteiger partial charge in [0.25, 0.3) is 0 Å². The summed E-state index contributed by atoms with van der Waals surface area (Å²) in [6, 6.07) is 0. The first-order valence-corrected chi connectivity index (χ1v) is 3.54. The quantitative estimate of drug-likeness (QED) is 0.379. The number of hydrogen-bond acceptors (Lipinski definition) is 1. The van der Waals surface area contributed by atoms with Crippen LogP contribution in [-0.2, 0) is 4.79 Å². The molecule has 0 aromatic heterocycles. The fourth-order valence-corrected chi connectivity index (χ4v) is 1.98. The van der Waals surface area contributed by atoms with Crippen molar-refractivity contribution in [2.75, 3.05) is 0 Å². The number of allylic oxidation sites excluding steroid dienone is 2. The molecule has 0 N–H and O–H groups in total. The van der Waals surface area contributed by atoms with Gasteiger partial charge in [0.05, 0.1) is 0 Å². The molecule has 1 nitrogen and oxygen atoms in total. The van der Waals surface area contributed by atoms with Crippen molar-refractivity contribution in [3.63, 3.8) is 0 Å². The minimum absolute atomic E-state index is 0.361. The third-order valence-electron chi connectivity index (χ3n) is 2.51. The standard InChI is InChI=1S/C8H10O/c9-5-8-4-6-1-2-7(8)3-6/h1-2,5-8H,3-4H2/t6-,7+,8-/m1/s1. The molecule has 2 aliphatic rings. The van der Waals surface area contributed by atoms with Crippen molar-refractivity contribution in [1.82, 2.24) is 0 Å². The summed E-state index contributed by atoms with van der Waals surface area (Å²) in [5.41, 5.74) is 0. The lowest BCUT2D eigenvalue weighted by Crippen LogP contribution is -2.07. The Labute approximate surface area is 54.8 Å². The zero-order chi connectivity index (χ0) is 6.27. The first-order valence-electron chi connectivity index (χ1n) is 3.54. The summed E-state index contributed by atoms with van der Waals surface area (Å²) in [6.07, 6.45) is 7.93. The molecular formula is C8H10O. The number of fused-ring (bicyclic) bond motifs is 2. The number of aldehydes is 1. The van der Waals surface area contributed by atoms with Gasteiger partial charge >= 0.3 is 0 Å². The lowest BCUT2D eigenvalue weighted by Gasteiger charge is -2.08. The Balaban J connectivity index is 2.19. The summed E-state index contributed by atoms with van der Waals surface area (Å²) < 4.78 is 0. The molecule has 2 aliphatic carbocycles. The van der Waals surface area contributed by atoms with E-state index in [1.807, 2.05) is 0 Å². The molecule has 3 atom stereocenters. The molecule has 0 unspecified atom stereocenters. The van der Waals surface area contributed by atoms with Crippen LogP contribution >= 0.6 is 0 Å². The highest BCUT2D eigenvalue weighted by atomic mass is 16.1. The van der Waals surface area contributed by atoms with Crippen LogP contribution in [0.2, 0.25) is 0 Å². The summed E-state index contributed by atoms with van der Waals surface area (Å²) >= 11 is 0. The van der Waals surface area contributed by atoms with Gasteiger partial charge in [0.2, 0.25) is 0 Å². The third-order valence-corrected chi connectivity index (χ3v) is 2.51. The largest absolute Gasteiger partial charge is 0.303 e. The second-order valence-electron chi connectivity index (χ2n) is 3.08. The lowest BCUT2D eigenvalue weighted by molar-refractivity contribution is -0.111. The smallest absolute Gasteiger partial charge is 0.123 e. The molecule has 2 rings (SSSR count). The van der Waals surface area contributed by atoms with E-state index in [1.165, 1.54) is 6.42 Å². The number of hydrogen-bond donors (Lipinski definition) is 0. The first kappa shape index (κ1) is 5.21. The molecule has 0 spiro atoms. The molecular weight excluding hydrogens is 112 g/mol. The van der Waals surface area contributed by atoms with Crippen molar-refractivity contribution in [2.24, 2.45) is 17.8 Å². The third kappa shape index (κ3) is 0.640. The molecule has 9 heavy (non-hydrogen) atoms. The maximum Gasteiger partial charge on any atom is 0.123 e. The summed E-state index contributed by atoms with van der Waals surface area (Å²) in [6.45, 7) is 0. The zero-order valence-electron chi connectivity index (χ0n) is 5.29. The van der Waals surface area contributed by atoms with Crippen LogP contribution in [0.4, 0.5) is 0 Å². The van der Waals surface area contributed by atoms with Crippen LogP contribution in [0.25, 0.3) is 0 Å². The van der Waals surface area contributed by atoms with Crippen LogP contribution in [0.15, 0.2) is 12.2 Å². The van der Waals surface area contributed by atoms with Gasteiger partial charge in [-0.2, -0.15) is 0 Å². The van der Waals surface area contributed by atoms with Gasteiger partial charge < -0.3 is 4.79 Å². The van der Waals surface area contributed by atoms with E-state index in [2.05, 4.69) is 12.2 Å². The Morgan fingerprint density at radius 1 is 1.33 bits per heavy atom. The summed E-state index contributed by atoms with van der Waals surface area (Å²) in [4.78, 5) is 10.4.